The second-order valence-electron chi connectivity index (χ2n) is 5.01. The minimum Gasteiger partial charge on any atom is -0.393 e. The van der Waals surface area contributed by atoms with Crippen LogP contribution in [-0.2, 0) is 0 Å². The van der Waals surface area contributed by atoms with Crippen LogP contribution in [0.3, 0.4) is 0 Å². The molecule has 1 aliphatic rings. The van der Waals surface area contributed by atoms with E-state index in [4.69, 9.17) is 11.6 Å². The Balaban J connectivity index is 1.88. The van der Waals surface area contributed by atoms with Gasteiger partial charge in [0.15, 0.2) is 0 Å². The summed E-state index contributed by atoms with van der Waals surface area (Å²) in [6.45, 7) is 0. The molecule has 19 heavy (non-hydrogen) atoms. The van der Waals surface area contributed by atoms with Gasteiger partial charge in [0, 0.05) is 11.4 Å². The summed E-state index contributed by atoms with van der Waals surface area (Å²) in [5.41, 5.74) is 0.848. The maximum absolute atomic E-state index is 9.53. The molecule has 0 spiro atoms. The lowest BCUT2D eigenvalue weighted by Crippen LogP contribution is -2.28. The SMILES string of the molecule is OC1CCC(Nc2nc(Cl)nc3ccccc23)CC1. The van der Waals surface area contributed by atoms with Crippen molar-refractivity contribution in [3.05, 3.63) is 29.5 Å². The first-order chi connectivity index (χ1) is 9.22. The normalized spacial score (nSPS) is 23.5. The second-order valence-corrected chi connectivity index (χ2v) is 5.35. The summed E-state index contributed by atoms with van der Waals surface area (Å²) < 4.78 is 0. The molecule has 0 radical (unpaired) electrons. The van der Waals surface area contributed by atoms with Crippen molar-refractivity contribution >= 4 is 28.3 Å². The minimum atomic E-state index is -0.149. The first kappa shape index (κ1) is 12.6. The highest BCUT2D eigenvalue weighted by molar-refractivity contribution is 6.28. The zero-order chi connectivity index (χ0) is 13.2. The van der Waals surface area contributed by atoms with Crippen molar-refractivity contribution in [3.8, 4) is 0 Å². The number of anilines is 1. The molecule has 100 valence electrons. The minimum absolute atomic E-state index is 0.149. The van der Waals surface area contributed by atoms with Gasteiger partial charge >= 0.3 is 0 Å². The molecule has 0 unspecified atom stereocenters. The van der Waals surface area contributed by atoms with Crippen LogP contribution in [0.25, 0.3) is 10.9 Å². The van der Waals surface area contributed by atoms with Crippen molar-refractivity contribution in [1.82, 2.24) is 9.97 Å². The third-order valence-electron chi connectivity index (χ3n) is 3.61. The van der Waals surface area contributed by atoms with Gasteiger partial charge in [-0.05, 0) is 49.4 Å². The standard InChI is InChI=1S/C14H16ClN3O/c15-14-17-12-4-2-1-3-11(12)13(18-14)16-9-5-7-10(19)8-6-9/h1-4,9-10,19H,5-8H2,(H,16,17,18). The second kappa shape index (κ2) is 5.31. The summed E-state index contributed by atoms with van der Waals surface area (Å²) >= 11 is 5.96. The van der Waals surface area contributed by atoms with Gasteiger partial charge in [-0.15, -0.1) is 0 Å². The fraction of sp³-hybridized carbons (Fsp3) is 0.429. The number of fused-ring (bicyclic) bond motifs is 1. The van der Waals surface area contributed by atoms with Crippen LogP contribution in [0.2, 0.25) is 5.28 Å². The molecule has 0 aliphatic heterocycles. The van der Waals surface area contributed by atoms with Gasteiger partial charge in [-0.3, -0.25) is 0 Å². The first-order valence-corrected chi connectivity index (χ1v) is 6.97. The Kier molecular flexibility index (Phi) is 3.53. The molecule has 1 saturated carbocycles. The van der Waals surface area contributed by atoms with Crippen molar-refractivity contribution in [2.75, 3.05) is 5.32 Å². The van der Waals surface area contributed by atoms with Gasteiger partial charge in [-0.2, -0.15) is 0 Å². The van der Waals surface area contributed by atoms with Gasteiger partial charge < -0.3 is 10.4 Å². The van der Waals surface area contributed by atoms with Crippen molar-refractivity contribution in [2.24, 2.45) is 0 Å². The van der Waals surface area contributed by atoms with Gasteiger partial charge in [0.2, 0.25) is 5.28 Å². The van der Waals surface area contributed by atoms with E-state index >= 15 is 0 Å². The zero-order valence-corrected chi connectivity index (χ0v) is 11.3. The van der Waals surface area contributed by atoms with Crippen LogP contribution < -0.4 is 5.32 Å². The molecule has 3 rings (SSSR count). The fourth-order valence-corrected chi connectivity index (χ4v) is 2.75. The van der Waals surface area contributed by atoms with Crippen molar-refractivity contribution in [1.29, 1.82) is 0 Å². The van der Waals surface area contributed by atoms with Crippen molar-refractivity contribution in [3.63, 3.8) is 0 Å². The Morgan fingerprint density at radius 2 is 1.84 bits per heavy atom. The number of aliphatic hydroxyl groups excluding tert-OH is 1. The van der Waals surface area contributed by atoms with Crippen LogP contribution in [0.15, 0.2) is 24.3 Å². The number of halogens is 1. The average molecular weight is 278 g/mol. The highest BCUT2D eigenvalue weighted by Gasteiger charge is 2.20. The maximum atomic E-state index is 9.53. The van der Waals surface area contributed by atoms with Crippen molar-refractivity contribution < 1.29 is 5.11 Å². The molecule has 0 bridgehead atoms. The van der Waals surface area contributed by atoms with E-state index in [9.17, 15) is 5.11 Å². The monoisotopic (exact) mass is 277 g/mol. The summed E-state index contributed by atoms with van der Waals surface area (Å²) in [5, 5.41) is 14.2. The summed E-state index contributed by atoms with van der Waals surface area (Å²) in [5.74, 6) is 0.789. The van der Waals surface area contributed by atoms with E-state index in [1.54, 1.807) is 0 Å². The molecule has 1 aromatic carbocycles. The predicted molar refractivity (Wildman–Crippen MR) is 76.4 cm³/mol. The topological polar surface area (TPSA) is 58.0 Å². The zero-order valence-electron chi connectivity index (χ0n) is 10.5. The molecular formula is C14H16ClN3O. The third kappa shape index (κ3) is 2.80. The summed E-state index contributed by atoms with van der Waals surface area (Å²) in [6.07, 6.45) is 3.45. The number of para-hydroxylation sites is 1. The van der Waals surface area contributed by atoms with Gasteiger partial charge in [-0.25, -0.2) is 9.97 Å². The molecule has 1 aromatic heterocycles. The highest BCUT2D eigenvalue weighted by atomic mass is 35.5. The highest BCUT2D eigenvalue weighted by Crippen LogP contribution is 2.26. The largest absolute Gasteiger partial charge is 0.393 e. The van der Waals surface area contributed by atoms with Gasteiger partial charge in [-0.1, -0.05) is 12.1 Å². The Morgan fingerprint density at radius 3 is 2.63 bits per heavy atom. The molecule has 2 aromatic rings. The Morgan fingerprint density at radius 1 is 1.11 bits per heavy atom. The Labute approximate surface area is 116 Å². The van der Waals surface area contributed by atoms with Crippen LogP contribution in [0, 0.1) is 0 Å². The van der Waals surface area contributed by atoms with E-state index in [0.717, 1.165) is 42.4 Å². The van der Waals surface area contributed by atoms with Crippen LogP contribution in [0.1, 0.15) is 25.7 Å². The first-order valence-electron chi connectivity index (χ1n) is 6.59. The van der Waals surface area contributed by atoms with E-state index in [1.165, 1.54) is 0 Å². The number of benzene rings is 1. The lowest BCUT2D eigenvalue weighted by atomic mass is 9.93. The molecule has 0 amide bonds. The number of hydrogen-bond acceptors (Lipinski definition) is 4. The quantitative estimate of drug-likeness (QED) is 0.829. The molecule has 0 saturated heterocycles. The van der Waals surface area contributed by atoms with E-state index in [0.29, 0.717) is 6.04 Å². The number of hydrogen-bond donors (Lipinski definition) is 2. The third-order valence-corrected chi connectivity index (χ3v) is 3.78. The fourth-order valence-electron chi connectivity index (χ4n) is 2.57. The van der Waals surface area contributed by atoms with Gasteiger partial charge in [0.05, 0.1) is 11.6 Å². The van der Waals surface area contributed by atoms with Gasteiger partial charge in [0.1, 0.15) is 5.82 Å². The molecule has 1 heterocycles. The smallest absolute Gasteiger partial charge is 0.224 e. The molecular weight excluding hydrogens is 262 g/mol. The van der Waals surface area contributed by atoms with E-state index < -0.39 is 0 Å². The molecule has 4 nitrogen and oxygen atoms in total. The molecule has 1 aliphatic carbocycles. The van der Waals surface area contributed by atoms with Crippen LogP contribution in [0.5, 0.6) is 0 Å². The van der Waals surface area contributed by atoms with E-state index in [1.807, 2.05) is 24.3 Å². The maximum Gasteiger partial charge on any atom is 0.224 e. The molecule has 5 heteroatoms. The Bertz CT molecular complexity index is 582. The summed E-state index contributed by atoms with van der Waals surface area (Å²) in [4.78, 5) is 8.51. The predicted octanol–water partition coefficient (Wildman–Crippen LogP) is 3.00. The number of aromatic nitrogens is 2. The molecule has 1 fully saturated rings. The van der Waals surface area contributed by atoms with E-state index in [-0.39, 0.29) is 11.4 Å². The number of rotatable bonds is 2. The average Bonchev–Trinajstić information content (AvgIpc) is 2.41. The lowest BCUT2D eigenvalue weighted by Gasteiger charge is -2.27. The van der Waals surface area contributed by atoms with Crippen LogP contribution in [0.4, 0.5) is 5.82 Å². The number of nitrogens with zero attached hydrogens (tertiary/aromatic N) is 2. The Hall–Kier alpha value is -1.39. The van der Waals surface area contributed by atoms with Crippen molar-refractivity contribution in [2.45, 2.75) is 37.8 Å². The van der Waals surface area contributed by atoms with Crippen LogP contribution in [-0.4, -0.2) is 27.2 Å². The van der Waals surface area contributed by atoms with Crippen LogP contribution >= 0.6 is 11.6 Å². The van der Waals surface area contributed by atoms with Gasteiger partial charge in [0.25, 0.3) is 0 Å². The molecule has 0 atom stereocenters. The lowest BCUT2D eigenvalue weighted by molar-refractivity contribution is 0.126. The summed E-state index contributed by atoms with van der Waals surface area (Å²) in [6, 6.07) is 8.17. The summed E-state index contributed by atoms with van der Waals surface area (Å²) in [7, 11) is 0. The van der Waals surface area contributed by atoms with E-state index in [2.05, 4.69) is 15.3 Å². The number of aliphatic hydroxyl groups is 1. The molecule has 2 N–H and O–H groups in total. The number of nitrogens with one attached hydrogen (secondary N) is 1.